The molecule has 1 aromatic heterocycles. The Kier molecular flexibility index (Phi) is 3.28. The van der Waals surface area contributed by atoms with E-state index in [2.05, 4.69) is 26.1 Å². The van der Waals surface area contributed by atoms with E-state index < -0.39 is 0 Å². The van der Waals surface area contributed by atoms with Gasteiger partial charge in [-0.25, -0.2) is 0 Å². The second-order valence-corrected chi connectivity index (χ2v) is 5.20. The average Bonchev–Trinajstić information content (AvgIpc) is 2.91. The van der Waals surface area contributed by atoms with Gasteiger partial charge in [0.2, 0.25) is 5.82 Å². The summed E-state index contributed by atoms with van der Waals surface area (Å²) in [6.07, 6.45) is 0. The highest BCUT2D eigenvalue weighted by Gasteiger charge is 2.14. The summed E-state index contributed by atoms with van der Waals surface area (Å²) in [7, 11) is 0. The second-order valence-electron chi connectivity index (χ2n) is 4.41. The van der Waals surface area contributed by atoms with Crippen molar-refractivity contribution in [1.82, 2.24) is 10.1 Å². The van der Waals surface area contributed by atoms with Gasteiger partial charge in [0.05, 0.1) is 5.56 Å². The van der Waals surface area contributed by atoms with Gasteiger partial charge in [-0.2, -0.15) is 4.98 Å². The Hall–Kier alpha value is -2.14. The first-order chi connectivity index (χ1) is 9.65. The molecule has 0 fully saturated rings. The summed E-state index contributed by atoms with van der Waals surface area (Å²) in [5, 5.41) is 13.4. The summed E-state index contributed by atoms with van der Waals surface area (Å²) in [5.41, 5.74) is 2.66. The number of hydrogen-bond acceptors (Lipinski definition) is 4. The molecule has 0 saturated carbocycles. The van der Waals surface area contributed by atoms with Gasteiger partial charge in [0.1, 0.15) is 5.75 Å². The number of rotatable bonds is 2. The third-order valence-corrected chi connectivity index (χ3v) is 4.01. The fraction of sp³-hybridized carbons (Fsp3) is 0.0667. The van der Waals surface area contributed by atoms with Gasteiger partial charge in [0.15, 0.2) is 0 Å². The standard InChI is InChI=1S/C15H11BrN2O2/c1-9-4-2-7-12(13(9)16)15-17-14(18-20-15)10-5-3-6-11(19)8-10/h2-8,19H,1H3. The van der Waals surface area contributed by atoms with Crippen molar-refractivity contribution in [3.63, 3.8) is 0 Å². The predicted molar refractivity (Wildman–Crippen MR) is 79.3 cm³/mol. The molecule has 0 aliphatic heterocycles. The van der Waals surface area contributed by atoms with Crippen LogP contribution in [0.1, 0.15) is 5.56 Å². The molecule has 0 aliphatic carbocycles. The molecule has 20 heavy (non-hydrogen) atoms. The van der Waals surface area contributed by atoms with E-state index in [1.165, 1.54) is 0 Å². The smallest absolute Gasteiger partial charge is 0.259 e. The van der Waals surface area contributed by atoms with Crippen molar-refractivity contribution in [2.24, 2.45) is 0 Å². The Morgan fingerprint density at radius 1 is 1.15 bits per heavy atom. The Labute approximate surface area is 124 Å². The molecule has 0 saturated heterocycles. The first-order valence-electron chi connectivity index (χ1n) is 6.04. The van der Waals surface area contributed by atoms with Crippen LogP contribution in [0.2, 0.25) is 0 Å². The summed E-state index contributed by atoms with van der Waals surface area (Å²) in [6.45, 7) is 2.00. The number of aryl methyl sites for hydroxylation is 1. The highest BCUT2D eigenvalue weighted by molar-refractivity contribution is 9.10. The minimum atomic E-state index is 0.172. The van der Waals surface area contributed by atoms with E-state index in [0.717, 1.165) is 15.6 Å². The third kappa shape index (κ3) is 2.32. The molecule has 1 N–H and O–H groups in total. The number of hydrogen-bond donors (Lipinski definition) is 1. The number of phenols is 1. The van der Waals surface area contributed by atoms with E-state index >= 15 is 0 Å². The number of aromatic nitrogens is 2. The molecular weight excluding hydrogens is 320 g/mol. The lowest BCUT2D eigenvalue weighted by molar-refractivity contribution is 0.432. The van der Waals surface area contributed by atoms with Gasteiger partial charge in [0, 0.05) is 10.0 Å². The lowest BCUT2D eigenvalue weighted by Crippen LogP contribution is -1.84. The molecule has 0 radical (unpaired) electrons. The van der Waals surface area contributed by atoms with Crippen molar-refractivity contribution in [3.8, 4) is 28.6 Å². The van der Waals surface area contributed by atoms with Crippen molar-refractivity contribution >= 4 is 15.9 Å². The number of phenolic OH excluding ortho intramolecular Hbond substituents is 1. The van der Waals surface area contributed by atoms with Crippen LogP contribution in [0.5, 0.6) is 5.75 Å². The van der Waals surface area contributed by atoms with Crippen LogP contribution >= 0.6 is 15.9 Å². The predicted octanol–water partition coefficient (Wildman–Crippen LogP) is 4.18. The highest BCUT2D eigenvalue weighted by Crippen LogP contribution is 2.31. The average molecular weight is 331 g/mol. The zero-order chi connectivity index (χ0) is 14.1. The minimum Gasteiger partial charge on any atom is -0.508 e. The minimum absolute atomic E-state index is 0.172. The van der Waals surface area contributed by atoms with Crippen LogP contribution in [0.3, 0.4) is 0 Å². The molecule has 3 aromatic rings. The summed E-state index contributed by atoms with van der Waals surface area (Å²) in [4.78, 5) is 4.37. The van der Waals surface area contributed by atoms with E-state index in [-0.39, 0.29) is 5.75 Å². The Balaban J connectivity index is 2.04. The third-order valence-electron chi connectivity index (χ3n) is 2.95. The zero-order valence-corrected chi connectivity index (χ0v) is 12.3. The molecule has 100 valence electrons. The first-order valence-corrected chi connectivity index (χ1v) is 6.83. The molecule has 0 atom stereocenters. The summed E-state index contributed by atoms with van der Waals surface area (Å²) in [5.74, 6) is 1.06. The normalized spacial score (nSPS) is 10.7. The number of halogens is 1. The molecule has 0 bridgehead atoms. The topological polar surface area (TPSA) is 59.2 Å². The molecule has 0 aliphatic rings. The Bertz CT molecular complexity index is 768. The SMILES string of the molecule is Cc1cccc(-c2nc(-c3cccc(O)c3)no2)c1Br. The summed E-state index contributed by atoms with van der Waals surface area (Å²) < 4.78 is 6.24. The molecule has 2 aromatic carbocycles. The van der Waals surface area contributed by atoms with E-state index in [1.54, 1.807) is 18.2 Å². The van der Waals surface area contributed by atoms with Crippen LogP contribution in [0.15, 0.2) is 51.5 Å². The number of nitrogens with zero attached hydrogens (tertiary/aromatic N) is 2. The maximum Gasteiger partial charge on any atom is 0.259 e. The van der Waals surface area contributed by atoms with E-state index in [4.69, 9.17) is 4.52 Å². The maximum atomic E-state index is 9.49. The fourth-order valence-electron chi connectivity index (χ4n) is 1.91. The van der Waals surface area contributed by atoms with Crippen LogP contribution in [0.4, 0.5) is 0 Å². The first kappa shape index (κ1) is 12.9. The molecule has 1 heterocycles. The maximum absolute atomic E-state index is 9.49. The second kappa shape index (κ2) is 5.09. The monoisotopic (exact) mass is 330 g/mol. The van der Waals surface area contributed by atoms with E-state index in [9.17, 15) is 5.11 Å². The van der Waals surface area contributed by atoms with Gasteiger partial charge in [-0.1, -0.05) is 29.4 Å². The van der Waals surface area contributed by atoms with Gasteiger partial charge in [0.25, 0.3) is 5.89 Å². The van der Waals surface area contributed by atoms with Crippen LogP contribution in [-0.4, -0.2) is 15.2 Å². The van der Waals surface area contributed by atoms with E-state index in [0.29, 0.717) is 17.3 Å². The van der Waals surface area contributed by atoms with Crippen LogP contribution in [0.25, 0.3) is 22.8 Å². The Morgan fingerprint density at radius 2 is 1.95 bits per heavy atom. The van der Waals surface area contributed by atoms with Crippen molar-refractivity contribution in [1.29, 1.82) is 0 Å². The molecule has 4 nitrogen and oxygen atoms in total. The largest absolute Gasteiger partial charge is 0.508 e. The van der Waals surface area contributed by atoms with Gasteiger partial charge < -0.3 is 9.63 Å². The van der Waals surface area contributed by atoms with Gasteiger partial charge in [-0.3, -0.25) is 0 Å². The molecule has 3 rings (SSSR count). The van der Waals surface area contributed by atoms with Crippen LogP contribution in [0, 0.1) is 6.92 Å². The number of aromatic hydroxyl groups is 1. The number of benzene rings is 2. The quantitative estimate of drug-likeness (QED) is 0.765. The van der Waals surface area contributed by atoms with Crippen molar-refractivity contribution in [2.75, 3.05) is 0 Å². The van der Waals surface area contributed by atoms with Crippen molar-refractivity contribution in [2.45, 2.75) is 6.92 Å². The van der Waals surface area contributed by atoms with Gasteiger partial charge >= 0.3 is 0 Å². The van der Waals surface area contributed by atoms with Crippen molar-refractivity contribution in [3.05, 3.63) is 52.5 Å². The summed E-state index contributed by atoms with van der Waals surface area (Å²) in [6, 6.07) is 12.6. The fourth-order valence-corrected chi connectivity index (χ4v) is 2.34. The van der Waals surface area contributed by atoms with E-state index in [1.807, 2.05) is 31.2 Å². The molecule has 0 spiro atoms. The summed E-state index contributed by atoms with van der Waals surface area (Å²) >= 11 is 3.53. The van der Waals surface area contributed by atoms with Crippen molar-refractivity contribution < 1.29 is 9.63 Å². The van der Waals surface area contributed by atoms with Gasteiger partial charge in [-0.05, 0) is 46.6 Å². The lowest BCUT2D eigenvalue weighted by Gasteiger charge is -2.01. The molecule has 0 amide bonds. The molecular formula is C15H11BrN2O2. The molecule has 0 unspecified atom stereocenters. The Morgan fingerprint density at radius 3 is 2.75 bits per heavy atom. The lowest BCUT2D eigenvalue weighted by atomic mass is 10.1. The highest BCUT2D eigenvalue weighted by atomic mass is 79.9. The van der Waals surface area contributed by atoms with Crippen LogP contribution < -0.4 is 0 Å². The molecule has 5 heteroatoms. The zero-order valence-electron chi connectivity index (χ0n) is 10.7. The van der Waals surface area contributed by atoms with Gasteiger partial charge in [-0.15, -0.1) is 0 Å². The van der Waals surface area contributed by atoms with Crippen LogP contribution in [-0.2, 0) is 0 Å².